The van der Waals surface area contributed by atoms with Crippen LogP contribution in [0, 0.1) is 10.1 Å². The largest absolute Gasteiger partial charge is 0.478 e. The average molecular weight is 373 g/mol. The van der Waals surface area contributed by atoms with Crippen molar-refractivity contribution in [1.29, 1.82) is 0 Å². The van der Waals surface area contributed by atoms with Crippen molar-refractivity contribution >= 4 is 39.2 Å². The summed E-state index contributed by atoms with van der Waals surface area (Å²) in [7, 11) is 0. The molecule has 0 amide bonds. The summed E-state index contributed by atoms with van der Waals surface area (Å²) in [5, 5.41) is 19.7. The number of carboxylic acids is 1. The van der Waals surface area contributed by atoms with E-state index in [-0.39, 0.29) is 27.8 Å². The van der Waals surface area contributed by atoms with Gasteiger partial charge in [0.05, 0.1) is 4.92 Å². The van der Waals surface area contributed by atoms with E-state index in [9.17, 15) is 14.9 Å². The molecule has 0 aromatic heterocycles. The number of benzene rings is 2. The maximum atomic E-state index is 11.1. The van der Waals surface area contributed by atoms with Gasteiger partial charge in [-0.3, -0.25) is 10.1 Å². The fourth-order valence-electron chi connectivity index (χ4n) is 1.58. The number of carboxylic acid groups (broad SMARTS) is 1. The highest BCUT2D eigenvalue weighted by atomic mass is 79.9. The van der Waals surface area contributed by atoms with Gasteiger partial charge in [0, 0.05) is 16.6 Å². The molecule has 0 fully saturated rings. The summed E-state index contributed by atoms with van der Waals surface area (Å²) >= 11 is 8.99. The van der Waals surface area contributed by atoms with Crippen LogP contribution in [0.5, 0.6) is 11.5 Å². The monoisotopic (exact) mass is 371 g/mol. The van der Waals surface area contributed by atoms with Gasteiger partial charge in [-0.2, -0.15) is 0 Å². The first kappa shape index (κ1) is 15.3. The van der Waals surface area contributed by atoms with Crippen LogP contribution in [-0.4, -0.2) is 16.0 Å². The lowest BCUT2D eigenvalue weighted by molar-refractivity contribution is -0.384. The molecule has 0 spiro atoms. The molecule has 2 aromatic carbocycles. The van der Waals surface area contributed by atoms with E-state index in [0.717, 1.165) is 0 Å². The van der Waals surface area contributed by atoms with E-state index in [2.05, 4.69) is 15.9 Å². The van der Waals surface area contributed by atoms with E-state index >= 15 is 0 Å². The SMILES string of the molecule is O=C(O)c1ccc(Br)cc1Oc1ccc([N+](=O)[O-])c(Cl)c1. The zero-order chi connectivity index (χ0) is 15.6. The lowest BCUT2D eigenvalue weighted by Crippen LogP contribution is -2.00. The Kier molecular flexibility index (Phi) is 4.44. The molecule has 0 aliphatic heterocycles. The number of nitrogens with zero attached hydrogens (tertiary/aromatic N) is 1. The van der Waals surface area contributed by atoms with Crippen LogP contribution in [0.2, 0.25) is 5.02 Å². The van der Waals surface area contributed by atoms with Gasteiger partial charge < -0.3 is 9.84 Å². The van der Waals surface area contributed by atoms with E-state index in [1.165, 1.54) is 30.3 Å². The van der Waals surface area contributed by atoms with Crippen LogP contribution in [-0.2, 0) is 0 Å². The Hall–Kier alpha value is -2.12. The molecule has 0 unspecified atom stereocenters. The lowest BCUT2D eigenvalue weighted by atomic mass is 10.2. The van der Waals surface area contributed by atoms with Gasteiger partial charge in [-0.05, 0) is 24.3 Å². The second-order valence-corrected chi connectivity index (χ2v) is 5.24. The summed E-state index contributed by atoms with van der Waals surface area (Å²) < 4.78 is 6.08. The molecule has 6 nitrogen and oxygen atoms in total. The molecule has 108 valence electrons. The van der Waals surface area contributed by atoms with Gasteiger partial charge in [0.1, 0.15) is 22.1 Å². The van der Waals surface area contributed by atoms with Crippen LogP contribution < -0.4 is 4.74 Å². The van der Waals surface area contributed by atoms with Gasteiger partial charge in [-0.1, -0.05) is 27.5 Å². The summed E-state index contributed by atoms with van der Waals surface area (Å²) in [6.45, 7) is 0. The molecule has 0 bridgehead atoms. The number of rotatable bonds is 4. The Morgan fingerprint density at radius 2 is 2.00 bits per heavy atom. The van der Waals surface area contributed by atoms with Gasteiger partial charge in [0.25, 0.3) is 5.69 Å². The molecule has 21 heavy (non-hydrogen) atoms. The molecule has 0 aliphatic rings. The minimum atomic E-state index is -1.15. The zero-order valence-corrected chi connectivity index (χ0v) is 12.6. The highest BCUT2D eigenvalue weighted by Crippen LogP contribution is 2.33. The normalized spacial score (nSPS) is 10.2. The molecular formula is C13H7BrClNO5. The predicted octanol–water partition coefficient (Wildman–Crippen LogP) is 4.50. The van der Waals surface area contributed by atoms with Crippen LogP contribution in [0.25, 0.3) is 0 Å². The van der Waals surface area contributed by atoms with Gasteiger partial charge in [0.15, 0.2) is 0 Å². The van der Waals surface area contributed by atoms with E-state index in [1.807, 2.05) is 0 Å². The van der Waals surface area contributed by atoms with Gasteiger partial charge in [0.2, 0.25) is 0 Å². The Morgan fingerprint density at radius 3 is 2.57 bits per heavy atom. The van der Waals surface area contributed by atoms with Crippen molar-refractivity contribution in [3.8, 4) is 11.5 Å². The molecule has 0 radical (unpaired) electrons. The second-order valence-electron chi connectivity index (χ2n) is 3.92. The summed E-state index contributed by atoms with van der Waals surface area (Å²) in [5.41, 5.74) is -0.288. The molecule has 1 N–H and O–H groups in total. The number of hydrogen-bond acceptors (Lipinski definition) is 4. The first-order valence-corrected chi connectivity index (χ1v) is 6.70. The molecule has 0 atom stereocenters. The molecule has 2 rings (SSSR count). The summed E-state index contributed by atoms with van der Waals surface area (Å²) in [5.74, 6) is -0.849. The third kappa shape index (κ3) is 3.50. The zero-order valence-electron chi connectivity index (χ0n) is 10.2. The van der Waals surface area contributed by atoms with Gasteiger partial charge in [-0.15, -0.1) is 0 Å². The van der Waals surface area contributed by atoms with Crippen molar-refractivity contribution in [3.05, 3.63) is 61.6 Å². The highest BCUT2D eigenvalue weighted by molar-refractivity contribution is 9.10. The highest BCUT2D eigenvalue weighted by Gasteiger charge is 2.16. The summed E-state index contributed by atoms with van der Waals surface area (Å²) in [6, 6.07) is 8.23. The van der Waals surface area contributed by atoms with Crippen molar-refractivity contribution in [2.45, 2.75) is 0 Å². The smallest absolute Gasteiger partial charge is 0.339 e. The molecule has 2 aromatic rings. The standard InChI is InChI=1S/C13H7BrClNO5/c14-7-1-3-9(13(17)18)12(5-7)21-8-2-4-11(16(19)20)10(15)6-8/h1-6H,(H,17,18). The van der Waals surface area contributed by atoms with Crippen molar-refractivity contribution in [3.63, 3.8) is 0 Å². The number of ether oxygens (including phenoxy) is 1. The molecule has 0 saturated carbocycles. The number of nitro benzene ring substituents is 1. The Morgan fingerprint density at radius 1 is 1.29 bits per heavy atom. The minimum Gasteiger partial charge on any atom is -0.478 e. The predicted molar refractivity (Wildman–Crippen MR) is 79.3 cm³/mol. The van der Waals surface area contributed by atoms with Crippen LogP contribution in [0.4, 0.5) is 5.69 Å². The van der Waals surface area contributed by atoms with Crippen molar-refractivity contribution in [1.82, 2.24) is 0 Å². The van der Waals surface area contributed by atoms with Gasteiger partial charge >= 0.3 is 5.97 Å². The fraction of sp³-hybridized carbons (Fsp3) is 0. The molecule has 0 saturated heterocycles. The molecule has 0 heterocycles. The van der Waals surface area contributed by atoms with Crippen LogP contribution in [0.1, 0.15) is 10.4 Å². The number of hydrogen-bond donors (Lipinski definition) is 1. The van der Waals surface area contributed by atoms with Crippen LogP contribution >= 0.6 is 27.5 Å². The Labute approximate surface area is 132 Å². The Balaban J connectivity index is 2.38. The number of aromatic carboxylic acids is 1. The Bertz CT molecular complexity index is 734. The van der Waals surface area contributed by atoms with Crippen molar-refractivity contribution in [2.75, 3.05) is 0 Å². The third-order valence-electron chi connectivity index (χ3n) is 2.52. The van der Waals surface area contributed by atoms with E-state index in [0.29, 0.717) is 4.47 Å². The van der Waals surface area contributed by atoms with Crippen LogP contribution in [0.15, 0.2) is 40.9 Å². The second kappa shape index (κ2) is 6.11. The van der Waals surface area contributed by atoms with E-state index in [1.54, 1.807) is 6.07 Å². The quantitative estimate of drug-likeness (QED) is 0.630. The maximum absolute atomic E-state index is 11.1. The van der Waals surface area contributed by atoms with Crippen LogP contribution in [0.3, 0.4) is 0 Å². The maximum Gasteiger partial charge on any atom is 0.339 e. The third-order valence-corrected chi connectivity index (χ3v) is 3.31. The first-order valence-electron chi connectivity index (χ1n) is 5.53. The average Bonchev–Trinajstić information content (AvgIpc) is 2.37. The summed E-state index contributed by atoms with van der Waals surface area (Å²) in [6.07, 6.45) is 0. The van der Waals surface area contributed by atoms with Gasteiger partial charge in [-0.25, -0.2) is 4.79 Å². The fourth-order valence-corrected chi connectivity index (χ4v) is 2.16. The van der Waals surface area contributed by atoms with E-state index < -0.39 is 10.9 Å². The molecule has 8 heteroatoms. The first-order chi connectivity index (χ1) is 9.88. The molecule has 0 aliphatic carbocycles. The van der Waals surface area contributed by atoms with E-state index in [4.69, 9.17) is 21.4 Å². The topological polar surface area (TPSA) is 89.7 Å². The minimum absolute atomic E-state index is 0.0346. The number of nitro groups is 1. The summed E-state index contributed by atoms with van der Waals surface area (Å²) in [4.78, 5) is 21.2. The van der Waals surface area contributed by atoms with Crippen molar-refractivity contribution < 1.29 is 19.6 Å². The number of carbonyl (C=O) groups is 1. The molecular weight excluding hydrogens is 366 g/mol. The number of halogens is 2. The lowest BCUT2D eigenvalue weighted by Gasteiger charge is -2.09. The van der Waals surface area contributed by atoms with Crippen molar-refractivity contribution in [2.24, 2.45) is 0 Å².